The Morgan fingerprint density at radius 3 is 1.87 bits per heavy atom. The summed E-state index contributed by atoms with van der Waals surface area (Å²) in [5.74, 6) is 0.727. The summed E-state index contributed by atoms with van der Waals surface area (Å²) < 4.78 is 37.1. The molecule has 1 heterocycles. The van der Waals surface area contributed by atoms with Gasteiger partial charge in [0.15, 0.2) is 0 Å². The fourth-order valence-electron chi connectivity index (χ4n) is 5.38. The highest BCUT2D eigenvalue weighted by Gasteiger charge is 2.45. The van der Waals surface area contributed by atoms with E-state index < -0.39 is 18.1 Å². The Bertz CT molecular complexity index is 832. The molecule has 0 radical (unpaired) electrons. The Kier molecular flexibility index (Phi) is 8.56. The lowest BCUT2D eigenvalue weighted by atomic mass is 10.2. The van der Waals surface area contributed by atoms with Gasteiger partial charge in [-0.3, -0.25) is 0 Å². The van der Waals surface area contributed by atoms with Gasteiger partial charge in [-0.05, 0) is 32.9 Å². The van der Waals surface area contributed by atoms with E-state index in [1.54, 1.807) is 12.1 Å². The van der Waals surface area contributed by atoms with Crippen molar-refractivity contribution in [1.29, 1.82) is 0 Å². The summed E-state index contributed by atoms with van der Waals surface area (Å²) in [6.07, 6.45) is 0.0912. The van der Waals surface area contributed by atoms with E-state index in [0.29, 0.717) is 29.7 Å². The SMILES string of the molecule is Cc1ccc(S(=O)(=O)/N=C(\C[Si](C(C)C)(C(C)C)C(C)C)N2CC(C)OC(C)C2)cc1. The molecule has 0 aromatic heterocycles. The molecule has 2 atom stereocenters. The Balaban J connectivity index is 2.60. The van der Waals surface area contributed by atoms with Gasteiger partial charge >= 0.3 is 0 Å². The molecule has 1 saturated heterocycles. The molecule has 0 N–H and O–H groups in total. The average molecular weight is 467 g/mol. The molecule has 31 heavy (non-hydrogen) atoms. The van der Waals surface area contributed by atoms with Crippen LogP contribution in [0.1, 0.15) is 61.0 Å². The van der Waals surface area contributed by atoms with Crippen molar-refractivity contribution in [2.45, 2.75) is 102 Å². The molecule has 1 fully saturated rings. The number of rotatable bonds is 7. The molecule has 2 rings (SSSR count). The first kappa shape index (κ1) is 26.1. The highest BCUT2D eigenvalue weighted by molar-refractivity contribution is 7.90. The molecule has 1 aliphatic rings. The zero-order chi connectivity index (χ0) is 23.6. The maximum absolute atomic E-state index is 13.3. The van der Waals surface area contributed by atoms with Crippen molar-refractivity contribution in [2.75, 3.05) is 13.1 Å². The predicted molar refractivity (Wildman–Crippen MR) is 133 cm³/mol. The highest BCUT2D eigenvalue weighted by atomic mass is 32.2. The van der Waals surface area contributed by atoms with Crippen molar-refractivity contribution in [3.8, 4) is 0 Å². The lowest BCUT2D eigenvalue weighted by Crippen LogP contribution is -2.53. The Labute approximate surface area is 191 Å². The third-order valence-electron chi connectivity index (χ3n) is 7.02. The number of morpholine rings is 1. The van der Waals surface area contributed by atoms with Crippen LogP contribution in [0.5, 0.6) is 0 Å². The van der Waals surface area contributed by atoms with Crippen molar-refractivity contribution in [1.82, 2.24) is 4.90 Å². The number of ether oxygens (including phenoxy) is 1. The van der Waals surface area contributed by atoms with Gasteiger partial charge in [0.05, 0.1) is 25.2 Å². The van der Waals surface area contributed by atoms with Crippen molar-refractivity contribution in [3.05, 3.63) is 29.8 Å². The maximum atomic E-state index is 13.3. The van der Waals surface area contributed by atoms with Crippen LogP contribution in [-0.4, -0.2) is 52.5 Å². The third-order valence-corrected chi connectivity index (χ3v) is 15.7. The van der Waals surface area contributed by atoms with Crippen molar-refractivity contribution < 1.29 is 13.2 Å². The summed E-state index contributed by atoms with van der Waals surface area (Å²) >= 11 is 0. The second-order valence-electron chi connectivity index (χ2n) is 10.2. The topological polar surface area (TPSA) is 59.0 Å². The molecular formula is C24H42N2O3SSi. The third kappa shape index (κ3) is 5.99. The first-order valence-corrected chi connectivity index (χ1v) is 15.5. The number of nitrogens with zero attached hydrogens (tertiary/aromatic N) is 2. The predicted octanol–water partition coefficient (Wildman–Crippen LogP) is 5.87. The molecule has 1 aromatic rings. The van der Waals surface area contributed by atoms with Crippen LogP contribution < -0.4 is 0 Å². The summed E-state index contributed by atoms with van der Waals surface area (Å²) in [7, 11) is -5.69. The van der Waals surface area contributed by atoms with E-state index in [0.717, 1.165) is 17.4 Å². The van der Waals surface area contributed by atoms with Crippen molar-refractivity contribution >= 4 is 23.9 Å². The van der Waals surface area contributed by atoms with E-state index in [2.05, 4.69) is 50.8 Å². The van der Waals surface area contributed by atoms with Gasteiger partial charge in [-0.2, -0.15) is 8.42 Å². The van der Waals surface area contributed by atoms with Crippen LogP contribution in [0.3, 0.4) is 0 Å². The number of hydrogen-bond donors (Lipinski definition) is 0. The zero-order valence-electron chi connectivity index (χ0n) is 20.8. The standard InChI is InChI=1S/C24H42N2O3SSi/c1-17(2)31(18(3)4,19(5)6)16-24(26-14-21(8)29-22(9)15-26)25-30(27,28)23-12-10-20(7)11-13-23/h10-13,17-19,21-22H,14-16H2,1-9H3/b25-24+. The Morgan fingerprint density at radius 2 is 1.45 bits per heavy atom. The molecule has 0 saturated carbocycles. The van der Waals surface area contributed by atoms with Gasteiger partial charge in [0, 0.05) is 19.1 Å². The number of sulfonamides is 1. The largest absolute Gasteiger partial charge is 0.372 e. The molecular weight excluding hydrogens is 424 g/mol. The molecule has 2 unspecified atom stereocenters. The highest BCUT2D eigenvalue weighted by Crippen LogP contribution is 2.45. The fourth-order valence-corrected chi connectivity index (χ4v) is 12.6. The van der Waals surface area contributed by atoms with Gasteiger partial charge in [0.2, 0.25) is 0 Å². The van der Waals surface area contributed by atoms with E-state index in [1.165, 1.54) is 0 Å². The minimum Gasteiger partial charge on any atom is -0.372 e. The van der Waals surface area contributed by atoms with Crippen LogP contribution in [0.25, 0.3) is 0 Å². The fraction of sp³-hybridized carbons (Fsp3) is 0.708. The second-order valence-corrected chi connectivity index (χ2v) is 17.9. The number of aryl methyl sites for hydroxylation is 1. The van der Waals surface area contributed by atoms with Crippen molar-refractivity contribution in [2.24, 2.45) is 4.40 Å². The Morgan fingerprint density at radius 1 is 1.00 bits per heavy atom. The van der Waals surface area contributed by atoms with Crippen LogP contribution in [-0.2, 0) is 14.8 Å². The molecule has 1 aliphatic heterocycles. The van der Waals surface area contributed by atoms with Crippen LogP contribution >= 0.6 is 0 Å². The molecule has 1 aromatic carbocycles. The number of hydrogen-bond acceptors (Lipinski definition) is 3. The van der Waals surface area contributed by atoms with Gasteiger partial charge in [-0.25, -0.2) is 0 Å². The lowest BCUT2D eigenvalue weighted by Gasteiger charge is -2.46. The molecule has 176 valence electrons. The maximum Gasteiger partial charge on any atom is 0.283 e. The van der Waals surface area contributed by atoms with E-state index in [1.807, 2.05) is 32.9 Å². The van der Waals surface area contributed by atoms with Gasteiger partial charge in [-0.1, -0.05) is 75.9 Å². The van der Waals surface area contributed by atoms with Gasteiger partial charge in [0.1, 0.15) is 5.84 Å². The molecule has 0 amide bonds. The molecule has 0 aliphatic carbocycles. The van der Waals surface area contributed by atoms with Gasteiger partial charge in [0.25, 0.3) is 10.0 Å². The average Bonchev–Trinajstić information content (AvgIpc) is 2.63. The normalized spacial score (nSPS) is 21.4. The molecule has 0 bridgehead atoms. The smallest absolute Gasteiger partial charge is 0.283 e. The summed E-state index contributed by atoms with van der Waals surface area (Å²) in [6, 6.07) is 7.75. The Hall–Kier alpha value is -1.18. The lowest BCUT2D eigenvalue weighted by molar-refractivity contribution is -0.0481. The summed E-state index contributed by atoms with van der Waals surface area (Å²) in [4.78, 5) is 2.44. The van der Waals surface area contributed by atoms with Crippen LogP contribution in [0.2, 0.25) is 22.7 Å². The minimum absolute atomic E-state index is 0.0456. The molecule has 5 nitrogen and oxygen atoms in total. The summed E-state index contributed by atoms with van der Waals surface area (Å²) in [5.41, 5.74) is 2.60. The monoisotopic (exact) mass is 466 g/mol. The van der Waals surface area contributed by atoms with Crippen LogP contribution in [0.4, 0.5) is 0 Å². The molecule has 0 spiro atoms. The first-order valence-electron chi connectivity index (χ1n) is 11.6. The summed E-state index contributed by atoms with van der Waals surface area (Å²) in [6.45, 7) is 21.2. The van der Waals surface area contributed by atoms with Gasteiger partial charge in [-0.15, -0.1) is 4.40 Å². The van der Waals surface area contributed by atoms with Gasteiger partial charge < -0.3 is 9.64 Å². The quantitative estimate of drug-likeness (QED) is 0.286. The number of benzene rings is 1. The van der Waals surface area contributed by atoms with Crippen LogP contribution in [0, 0.1) is 6.92 Å². The second kappa shape index (κ2) is 10.2. The summed E-state index contributed by atoms with van der Waals surface area (Å²) in [5, 5.41) is 0. The van der Waals surface area contributed by atoms with E-state index in [-0.39, 0.29) is 17.1 Å². The molecule has 7 heteroatoms. The van der Waals surface area contributed by atoms with Crippen LogP contribution in [0.15, 0.2) is 33.6 Å². The first-order chi connectivity index (χ1) is 14.3. The van der Waals surface area contributed by atoms with E-state index in [4.69, 9.17) is 4.74 Å². The van der Waals surface area contributed by atoms with Crippen molar-refractivity contribution in [3.63, 3.8) is 0 Å². The number of amidine groups is 1. The minimum atomic E-state index is -3.78. The van der Waals surface area contributed by atoms with E-state index >= 15 is 0 Å². The van der Waals surface area contributed by atoms with E-state index in [9.17, 15) is 8.42 Å². The zero-order valence-corrected chi connectivity index (χ0v) is 22.7.